The highest BCUT2D eigenvalue weighted by Crippen LogP contribution is 2.29. The average molecular weight is 350 g/mol. The molecule has 1 heterocycles. The number of benzene rings is 1. The molecule has 0 amide bonds. The molecule has 0 radical (unpaired) electrons. The monoisotopic (exact) mass is 350 g/mol. The predicted molar refractivity (Wildman–Crippen MR) is 72.8 cm³/mol. The first kappa shape index (κ1) is 17.0. The van der Waals surface area contributed by atoms with Gasteiger partial charge in [-0.1, -0.05) is 0 Å². The van der Waals surface area contributed by atoms with E-state index in [9.17, 15) is 31.2 Å². The van der Waals surface area contributed by atoms with Gasteiger partial charge < -0.3 is 8.60 Å². The highest BCUT2D eigenvalue weighted by Gasteiger charge is 2.48. The molecule has 0 fully saturated rings. The lowest BCUT2D eigenvalue weighted by Crippen LogP contribution is -2.28. The van der Waals surface area contributed by atoms with Gasteiger partial charge in [0, 0.05) is 11.5 Å². The SMILES string of the molecule is CC(=O)c1c(C)c2ccc(OS(=O)(=O)C(F)(F)F)cc2oc1=O. The van der Waals surface area contributed by atoms with Gasteiger partial charge in [0.05, 0.1) is 0 Å². The van der Waals surface area contributed by atoms with E-state index in [-0.39, 0.29) is 22.1 Å². The van der Waals surface area contributed by atoms with Crippen LogP contribution < -0.4 is 9.81 Å². The minimum atomic E-state index is -5.84. The van der Waals surface area contributed by atoms with Crippen LogP contribution in [0.2, 0.25) is 0 Å². The number of carbonyl (C=O) groups excluding carboxylic acids is 1. The number of ketones is 1. The van der Waals surface area contributed by atoms with Gasteiger partial charge in [0.2, 0.25) is 0 Å². The number of hydrogen-bond donors (Lipinski definition) is 0. The summed E-state index contributed by atoms with van der Waals surface area (Å²) in [5, 5.41) is 0.270. The fourth-order valence-electron chi connectivity index (χ4n) is 1.97. The zero-order chi connectivity index (χ0) is 17.6. The van der Waals surface area contributed by atoms with Gasteiger partial charge in [0.15, 0.2) is 5.78 Å². The molecule has 124 valence electrons. The van der Waals surface area contributed by atoms with E-state index in [1.807, 2.05) is 0 Å². The Morgan fingerprint density at radius 2 is 1.87 bits per heavy atom. The Hall–Kier alpha value is -2.36. The lowest BCUT2D eigenvalue weighted by molar-refractivity contribution is -0.0500. The van der Waals surface area contributed by atoms with Gasteiger partial charge in [0.1, 0.15) is 16.9 Å². The molecule has 0 aliphatic carbocycles. The lowest BCUT2D eigenvalue weighted by Gasteiger charge is -2.10. The molecule has 1 aromatic carbocycles. The van der Waals surface area contributed by atoms with Crippen molar-refractivity contribution in [3.05, 3.63) is 39.7 Å². The predicted octanol–water partition coefficient (Wildman–Crippen LogP) is 2.53. The van der Waals surface area contributed by atoms with Gasteiger partial charge in [-0.05, 0) is 31.5 Å². The van der Waals surface area contributed by atoms with E-state index >= 15 is 0 Å². The maximum atomic E-state index is 12.3. The topological polar surface area (TPSA) is 90.7 Å². The molecule has 2 rings (SSSR count). The van der Waals surface area contributed by atoms with E-state index in [1.54, 1.807) is 0 Å². The molecule has 0 N–H and O–H groups in total. The largest absolute Gasteiger partial charge is 0.534 e. The maximum Gasteiger partial charge on any atom is 0.534 e. The fraction of sp³-hybridized carbons (Fsp3) is 0.231. The first-order chi connectivity index (χ1) is 10.4. The van der Waals surface area contributed by atoms with Crippen LogP contribution in [0.25, 0.3) is 11.0 Å². The van der Waals surface area contributed by atoms with Crippen LogP contribution in [0.5, 0.6) is 5.75 Å². The van der Waals surface area contributed by atoms with Crippen molar-refractivity contribution in [2.45, 2.75) is 19.4 Å². The number of hydrogen-bond acceptors (Lipinski definition) is 6. The third-order valence-electron chi connectivity index (χ3n) is 2.98. The summed E-state index contributed by atoms with van der Waals surface area (Å²) in [5.41, 5.74) is -6.68. The Balaban J connectivity index is 2.60. The van der Waals surface area contributed by atoms with Crippen molar-refractivity contribution < 1.29 is 35.0 Å². The molecule has 0 aliphatic heterocycles. The van der Waals surface area contributed by atoms with Crippen LogP contribution in [0.3, 0.4) is 0 Å². The Labute approximate surface area is 127 Å². The summed E-state index contributed by atoms with van der Waals surface area (Å²) in [5.74, 6) is -1.20. The number of fused-ring (bicyclic) bond motifs is 1. The van der Waals surface area contributed by atoms with Crippen molar-refractivity contribution in [3.8, 4) is 5.75 Å². The number of carbonyl (C=O) groups is 1. The minimum absolute atomic E-state index is 0.186. The Morgan fingerprint density at radius 3 is 2.39 bits per heavy atom. The zero-order valence-electron chi connectivity index (χ0n) is 11.7. The first-order valence-electron chi connectivity index (χ1n) is 6.03. The number of Topliss-reactive ketones (excluding diaryl/α,β-unsaturated/α-hetero) is 1. The first-order valence-corrected chi connectivity index (χ1v) is 7.44. The van der Waals surface area contributed by atoms with E-state index in [0.29, 0.717) is 0 Å². The molecule has 0 aliphatic rings. The molecule has 0 saturated heterocycles. The lowest BCUT2D eigenvalue weighted by atomic mass is 10.0. The highest BCUT2D eigenvalue weighted by atomic mass is 32.2. The Bertz CT molecular complexity index is 956. The molecule has 0 saturated carbocycles. The summed E-state index contributed by atoms with van der Waals surface area (Å²) in [4.78, 5) is 23.1. The molecular formula is C13H9F3O6S. The summed E-state index contributed by atoms with van der Waals surface area (Å²) in [7, 11) is -5.84. The van der Waals surface area contributed by atoms with Crippen molar-refractivity contribution in [2.75, 3.05) is 0 Å². The quantitative estimate of drug-likeness (QED) is 0.366. The van der Waals surface area contributed by atoms with Gasteiger partial charge in [-0.2, -0.15) is 21.6 Å². The van der Waals surface area contributed by atoms with Crippen LogP contribution in [0, 0.1) is 6.92 Å². The third-order valence-corrected chi connectivity index (χ3v) is 3.96. The second-order valence-corrected chi connectivity index (χ2v) is 6.12. The number of rotatable bonds is 3. The molecular weight excluding hydrogens is 341 g/mol. The summed E-state index contributed by atoms with van der Waals surface area (Å²) in [6.07, 6.45) is 0. The third kappa shape index (κ3) is 3.07. The van der Waals surface area contributed by atoms with Gasteiger partial charge in [-0.25, -0.2) is 4.79 Å². The zero-order valence-corrected chi connectivity index (χ0v) is 12.5. The van der Waals surface area contributed by atoms with E-state index in [2.05, 4.69) is 4.18 Å². The molecule has 10 heteroatoms. The summed E-state index contributed by atoms with van der Waals surface area (Å²) >= 11 is 0. The molecule has 6 nitrogen and oxygen atoms in total. The second kappa shape index (κ2) is 5.37. The van der Waals surface area contributed by atoms with Crippen LogP contribution in [-0.2, 0) is 10.1 Å². The number of alkyl halides is 3. The molecule has 0 bridgehead atoms. The van der Waals surface area contributed by atoms with E-state index in [0.717, 1.165) is 12.1 Å². The van der Waals surface area contributed by atoms with E-state index < -0.39 is 32.8 Å². The van der Waals surface area contributed by atoms with Crippen molar-refractivity contribution >= 4 is 26.9 Å². The molecule has 1 aromatic heterocycles. The molecule has 0 unspecified atom stereocenters. The fourth-order valence-corrected chi connectivity index (χ4v) is 2.42. The normalized spacial score (nSPS) is 12.4. The van der Waals surface area contributed by atoms with Gasteiger partial charge in [-0.15, -0.1) is 0 Å². The molecule has 0 atom stereocenters. The van der Waals surface area contributed by atoms with Crippen LogP contribution in [0.1, 0.15) is 22.8 Å². The Morgan fingerprint density at radius 1 is 1.26 bits per heavy atom. The highest BCUT2D eigenvalue weighted by molar-refractivity contribution is 7.88. The van der Waals surface area contributed by atoms with Crippen LogP contribution in [0.4, 0.5) is 13.2 Å². The Kier molecular flexibility index (Phi) is 3.97. The van der Waals surface area contributed by atoms with Crippen LogP contribution in [0.15, 0.2) is 27.4 Å². The molecule has 2 aromatic rings. The molecule has 0 spiro atoms. The smallest absolute Gasteiger partial charge is 0.422 e. The van der Waals surface area contributed by atoms with Gasteiger partial charge in [-0.3, -0.25) is 4.79 Å². The minimum Gasteiger partial charge on any atom is -0.422 e. The number of halogens is 3. The summed E-state index contributed by atoms with van der Waals surface area (Å²) in [6, 6.07) is 2.99. The molecule has 23 heavy (non-hydrogen) atoms. The summed E-state index contributed by atoms with van der Waals surface area (Å²) < 4.78 is 67.5. The van der Waals surface area contributed by atoms with E-state index in [1.165, 1.54) is 19.9 Å². The van der Waals surface area contributed by atoms with Crippen LogP contribution >= 0.6 is 0 Å². The van der Waals surface area contributed by atoms with Crippen molar-refractivity contribution in [2.24, 2.45) is 0 Å². The van der Waals surface area contributed by atoms with Gasteiger partial charge >= 0.3 is 21.3 Å². The van der Waals surface area contributed by atoms with E-state index in [4.69, 9.17) is 4.42 Å². The van der Waals surface area contributed by atoms with Gasteiger partial charge in [0.25, 0.3) is 0 Å². The maximum absolute atomic E-state index is 12.3. The standard InChI is InChI=1S/C13H9F3O6S/c1-6-9-4-3-8(22-23(19,20)13(14,15)16)5-10(9)21-12(18)11(6)7(2)17/h3-5H,1-2H3. The van der Waals surface area contributed by atoms with Crippen molar-refractivity contribution in [1.82, 2.24) is 0 Å². The average Bonchev–Trinajstić information content (AvgIpc) is 2.35. The number of aryl methyl sites for hydroxylation is 1. The second-order valence-electron chi connectivity index (χ2n) is 4.59. The van der Waals surface area contributed by atoms with Crippen molar-refractivity contribution in [3.63, 3.8) is 0 Å². The summed E-state index contributed by atoms with van der Waals surface area (Å²) in [6.45, 7) is 2.63. The van der Waals surface area contributed by atoms with Crippen LogP contribution in [-0.4, -0.2) is 19.7 Å². The van der Waals surface area contributed by atoms with Crippen molar-refractivity contribution in [1.29, 1.82) is 0 Å².